The molecule has 0 fully saturated rings. The summed E-state index contributed by atoms with van der Waals surface area (Å²) in [6.07, 6.45) is 23.1. The van der Waals surface area contributed by atoms with Crippen LogP contribution in [0.2, 0.25) is 0 Å². The number of nitrogen functional groups attached to an aromatic ring is 1. The topological polar surface area (TPSA) is 121 Å². The van der Waals surface area contributed by atoms with Crippen LogP contribution >= 0.6 is 7.82 Å². The largest absolute Gasteiger partial charge is 0.472 e. The van der Waals surface area contributed by atoms with E-state index in [1.807, 2.05) is 19.1 Å². The number of hydrogen-bond acceptors (Lipinski definition) is 7. The lowest BCUT2D eigenvalue weighted by atomic mass is 10.00. The Morgan fingerprint density at radius 3 is 2.00 bits per heavy atom. The summed E-state index contributed by atoms with van der Waals surface area (Å²) >= 11 is 0. The highest BCUT2D eigenvalue weighted by atomic mass is 31.2. The predicted molar refractivity (Wildman–Crippen MR) is 162 cm³/mol. The molecule has 0 saturated heterocycles. The molecule has 2 heterocycles. The minimum Gasteiger partial charge on any atom is -0.382 e. The summed E-state index contributed by atoms with van der Waals surface area (Å²) in [6, 6.07) is 3.81. The van der Waals surface area contributed by atoms with Gasteiger partial charge in [-0.3, -0.25) is 9.05 Å². The Kier molecular flexibility index (Phi) is 17.0. The van der Waals surface area contributed by atoms with E-state index >= 15 is 0 Å². The van der Waals surface area contributed by atoms with Gasteiger partial charge in [-0.05, 0) is 38.3 Å². The lowest BCUT2D eigenvalue weighted by Gasteiger charge is -2.28. The minimum atomic E-state index is -4.14. The molecule has 0 aliphatic rings. The number of methoxy groups -OCH3 is 1. The number of anilines is 1. The van der Waals surface area contributed by atoms with Gasteiger partial charge < -0.3 is 15.4 Å². The van der Waals surface area contributed by atoms with Crippen LogP contribution in [0.25, 0.3) is 5.52 Å². The number of phosphoric ester groups is 1. The van der Waals surface area contributed by atoms with Gasteiger partial charge in [-0.1, -0.05) is 103 Å². The van der Waals surface area contributed by atoms with E-state index in [-0.39, 0.29) is 13.2 Å². The Morgan fingerprint density at radius 1 is 0.900 bits per heavy atom. The first-order valence-corrected chi connectivity index (χ1v) is 17.0. The normalized spacial score (nSPS) is 14.9. The number of rotatable bonds is 25. The van der Waals surface area contributed by atoms with Crippen LogP contribution in [0.3, 0.4) is 0 Å². The maximum Gasteiger partial charge on any atom is 0.472 e. The molecule has 9 nitrogen and oxygen atoms in total. The lowest BCUT2D eigenvalue weighted by molar-refractivity contribution is -0.0442. The number of aryl methyl sites for hydroxylation is 1. The maximum absolute atomic E-state index is 12.4. The average Bonchev–Trinajstić information content (AvgIpc) is 3.37. The van der Waals surface area contributed by atoms with E-state index in [0.29, 0.717) is 18.7 Å². The highest BCUT2D eigenvalue weighted by molar-refractivity contribution is 7.47. The zero-order chi connectivity index (χ0) is 29.1. The number of nitrogens with two attached hydrogens (primary N) is 1. The summed E-state index contributed by atoms with van der Waals surface area (Å²) in [5.41, 5.74) is 6.83. The Morgan fingerprint density at radius 2 is 1.45 bits per heavy atom. The van der Waals surface area contributed by atoms with Crippen LogP contribution in [-0.2, 0) is 24.8 Å². The van der Waals surface area contributed by atoms with Crippen molar-refractivity contribution >= 4 is 19.2 Å². The number of nitrogens with zero attached hydrogens (tertiary/aromatic N) is 3. The van der Waals surface area contributed by atoms with Crippen LogP contribution < -0.4 is 5.73 Å². The Labute approximate surface area is 242 Å². The highest BCUT2D eigenvalue weighted by Gasteiger charge is 2.30. The van der Waals surface area contributed by atoms with E-state index in [1.54, 1.807) is 11.6 Å². The Balaban J connectivity index is 1.49. The molecular formula is C30H55N4O5P. The second kappa shape index (κ2) is 19.6. The van der Waals surface area contributed by atoms with Crippen molar-refractivity contribution in [2.24, 2.45) is 0 Å². The van der Waals surface area contributed by atoms with Crippen LogP contribution in [0.5, 0.6) is 0 Å². The van der Waals surface area contributed by atoms with Gasteiger partial charge in [-0.15, -0.1) is 0 Å². The van der Waals surface area contributed by atoms with Crippen molar-refractivity contribution in [3.05, 3.63) is 24.2 Å². The first-order valence-electron chi connectivity index (χ1n) is 15.5. The van der Waals surface area contributed by atoms with Gasteiger partial charge in [0.15, 0.2) is 5.82 Å². The Hall–Kier alpha value is -1.51. The van der Waals surface area contributed by atoms with E-state index in [4.69, 9.17) is 19.5 Å². The zero-order valence-electron chi connectivity index (χ0n) is 25.3. The molecule has 230 valence electrons. The van der Waals surface area contributed by atoms with Gasteiger partial charge in [0.1, 0.15) is 11.8 Å². The molecule has 2 aromatic heterocycles. The van der Waals surface area contributed by atoms with Crippen LogP contribution in [0.4, 0.5) is 5.82 Å². The molecule has 0 amide bonds. The second-order valence-electron chi connectivity index (χ2n) is 11.3. The minimum absolute atomic E-state index is 0.0589. The van der Waals surface area contributed by atoms with Crippen molar-refractivity contribution in [1.82, 2.24) is 14.6 Å². The number of hydrogen-bond donors (Lipinski definition) is 2. The van der Waals surface area contributed by atoms with Gasteiger partial charge >= 0.3 is 7.82 Å². The van der Waals surface area contributed by atoms with Crippen molar-refractivity contribution in [2.45, 2.75) is 135 Å². The summed E-state index contributed by atoms with van der Waals surface area (Å²) in [6.45, 7) is 4.27. The van der Waals surface area contributed by atoms with E-state index in [0.717, 1.165) is 30.5 Å². The molecule has 2 rings (SSSR count). The van der Waals surface area contributed by atoms with E-state index in [1.165, 1.54) is 89.8 Å². The van der Waals surface area contributed by atoms with Gasteiger partial charge in [0.2, 0.25) is 0 Å². The molecule has 2 aromatic rings. The standard InChI is InChI=1S/C30H55N4O5P/c1-4-5-6-7-8-9-10-11-12-13-14-15-16-17-18-19-24-38-40(35,36)39-25-30(2,37-3)23-22-27-20-21-28-29(31)32-26-33-34(27)28/h20-21,26H,4-19,22-25H2,1-3H3,(H,35,36)(H2,31,32,33)/t30-/m0/s1. The fraction of sp³-hybridized carbons (Fsp3) is 0.800. The molecule has 0 aliphatic heterocycles. The smallest absolute Gasteiger partial charge is 0.382 e. The molecule has 40 heavy (non-hydrogen) atoms. The van der Waals surface area contributed by atoms with Gasteiger partial charge in [0, 0.05) is 12.8 Å². The van der Waals surface area contributed by atoms with Gasteiger partial charge in [0.05, 0.1) is 18.8 Å². The molecule has 0 radical (unpaired) electrons. The van der Waals surface area contributed by atoms with Crippen molar-refractivity contribution in [3.8, 4) is 0 Å². The molecule has 0 spiro atoms. The third-order valence-electron chi connectivity index (χ3n) is 7.75. The molecule has 0 aliphatic carbocycles. The van der Waals surface area contributed by atoms with E-state index in [9.17, 15) is 9.46 Å². The van der Waals surface area contributed by atoms with Crippen LogP contribution in [0.15, 0.2) is 18.5 Å². The predicted octanol–water partition coefficient (Wildman–Crippen LogP) is 8.04. The fourth-order valence-electron chi connectivity index (χ4n) is 4.91. The summed E-state index contributed by atoms with van der Waals surface area (Å²) < 4.78 is 30.3. The quantitative estimate of drug-likeness (QED) is 0.0891. The molecule has 3 N–H and O–H groups in total. The van der Waals surface area contributed by atoms with Gasteiger partial charge in [-0.25, -0.2) is 14.1 Å². The number of ether oxygens (including phenoxy) is 1. The molecule has 2 atom stereocenters. The molecule has 0 aromatic carbocycles. The Bertz CT molecular complexity index is 988. The van der Waals surface area contributed by atoms with Gasteiger partial charge in [-0.2, -0.15) is 5.10 Å². The summed E-state index contributed by atoms with van der Waals surface area (Å²) in [5, 5.41) is 4.26. The fourth-order valence-corrected chi connectivity index (χ4v) is 5.78. The monoisotopic (exact) mass is 582 g/mol. The summed E-state index contributed by atoms with van der Waals surface area (Å²) in [5.74, 6) is 0.418. The van der Waals surface area contributed by atoms with Crippen molar-refractivity contribution < 1.29 is 23.2 Å². The third-order valence-corrected chi connectivity index (χ3v) is 8.71. The first-order chi connectivity index (χ1) is 19.3. The third kappa shape index (κ3) is 13.9. The highest BCUT2D eigenvalue weighted by Crippen LogP contribution is 2.44. The number of aromatic nitrogens is 3. The number of fused-ring (bicyclic) bond motifs is 1. The molecular weight excluding hydrogens is 527 g/mol. The zero-order valence-corrected chi connectivity index (χ0v) is 26.2. The second-order valence-corrected chi connectivity index (χ2v) is 12.8. The van der Waals surface area contributed by atoms with Crippen molar-refractivity contribution in [2.75, 3.05) is 26.1 Å². The first kappa shape index (κ1) is 34.7. The van der Waals surface area contributed by atoms with Gasteiger partial charge in [0.25, 0.3) is 0 Å². The van der Waals surface area contributed by atoms with Crippen LogP contribution in [0, 0.1) is 0 Å². The maximum atomic E-state index is 12.4. The van der Waals surface area contributed by atoms with E-state index < -0.39 is 13.4 Å². The summed E-state index contributed by atoms with van der Waals surface area (Å²) in [7, 11) is -2.57. The lowest BCUT2D eigenvalue weighted by Crippen LogP contribution is -2.33. The molecule has 0 bridgehead atoms. The SMILES string of the molecule is CCCCCCCCCCCCCCCCCCOP(=O)(O)OC[C@](C)(CCc1ccc2c(N)ncnn12)OC. The van der Waals surface area contributed by atoms with Crippen molar-refractivity contribution in [1.29, 1.82) is 0 Å². The summed E-state index contributed by atoms with van der Waals surface area (Å²) in [4.78, 5) is 14.1. The molecule has 1 unspecified atom stereocenters. The average molecular weight is 583 g/mol. The molecule has 10 heteroatoms. The number of unbranched alkanes of at least 4 members (excludes halogenated alkanes) is 15. The van der Waals surface area contributed by atoms with Crippen molar-refractivity contribution in [3.63, 3.8) is 0 Å². The van der Waals surface area contributed by atoms with E-state index in [2.05, 4.69) is 17.0 Å². The molecule has 0 saturated carbocycles. The van der Waals surface area contributed by atoms with Crippen LogP contribution in [-0.4, -0.2) is 45.4 Å². The van der Waals surface area contributed by atoms with Crippen LogP contribution in [0.1, 0.15) is 129 Å². The number of phosphoric acid groups is 1.